The Balaban J connectivity index is 2.04. The summed E-state index contributed by atoms with van der Waals surface area (Å²) in [6.45, 7) is -0.394. The number of carbonyl (C=O) groups excluding carboxylic acids is 3. The van der Waals surface area contributed by atoms with E-state index in [2.05, 4.69) is 0 Å². The predicted octanol–water partition coefficient (Wildman–Crippen LogP) is 2.92. The minimum atomic E-state index is -0.612. The molecule has 0 atom stereocenters. The van der Waals surface area contributed by atoms with Crippen molar-refractivity contribution in [3.05, 3.63) is 59.7 Å². The lowest BCUT2D eigenvalue weighted by atomic mass is 10.1. The molecule has 0 saturated carbocycles. The number of hydrogen-bond acceptors (Lipinski definition) is 6. The second kappa shape index (κ2) is 9.78. The fourth-order valence-electron chi connectivity index (χ4n) is 2.19. The van der Waals surface area contributed by atoms with Crippen molar-refractivity contribution >= 4 is 29.4 Å². The van der Waals surface area contributed by atoms with Gasteiger partial charge in [-0.15, -0.1) is 11.8 Å². The van der Waals surface area contributed by atoms with Gasteiger partial charge in [0, 0.05) is 19.0 Å². The average Bonchev–Trinajstić information content (AvgIpc) is 2.69. The summed E-state index contributed by atoms with van der Waals surface area (Å²) in [5.41, 5.74) is 0.675. The first-order chi connectivity index (χ1) is 12.9. The fourth-order valence-corrected chi connectivity index (χ4v) is 3.21. The molecule has 6 nitrogen and oxygen atoms in total. The van der Waals surface area contributed by atoms with Gasteiger partial charge in [0.1, 0.15) is 5.75 Å². The molecule has 0 N–H and O–H groups in total. The molecule has 0 aromatic heterocycles. The van der Waals surface area contributed by atoms with Gasteiger partial charge in [0.25, 0.3) is 0 Å². The Morgan fingerprint density at radius 2 is 1.59 bits per heavy atom. The van der Waals surface area contributed by atoms with E-state index in [1.165, 1.54) is 23.8 Å². The third kappa shape index (κ3) is 5.59. The monoisotopic (exact) mass is 387 g/mol. The number of thioether (sulfide) groups is 1. The average molecular weight is 387 g/mol. The Bertz CT molecular complexity index is 835. The highest BCUT2D eigenvalue weighted by Crippen LogP contribution is 2.24. The molecular weight excluding hydrogens is 366 g/mol. The summed E-state index contributed by atoms with van der Waals surface area (Å²) in [6.07, 6.45) is 0. The van der Waals surface area contributed by atoms with Crippen molar-refractivity contribution in [1.29, 1.82) is 0 Å². The number of ether oxygens (including phenoxy) is 2. The van der Waals surface area contributed by atoms with Gasteiger partial charge in [-0.05, 0) is 24.3 Å². The third-order valence-electron chi connectivity index (χ3n) is 3.70. The molecule has 1 amide bonds. The largest absolute Gasteiger partial charge is 0.496 e. The van der Waals surface area contributed by atoms with Crippen LogP contribution < -0.4 is 4.74 Å². The highest BCUT2D eigenvalue weighted by Gasteiger charge is 2.18. The number of esters is 1. The molecule has 0 fully saturated rings. The highest BCUT2D eigenvalue weighted by molar-refractivity contribution is 8.00. The first-order valence-electron chi connectivity index (χ1n) is 8.19. The molecule has 0 aliphatic rings. The molecule has 27 heavy (non-hydrogen) atoms. The molecule has 0 aliphatic carbocycles. The van der Waals surface area contributed by atoms with Crippen LogP contribution in [0.3, 0.4) is 0 Å². The van der Waals surface area contributed by atoms with Crippen molar-refractivity contribution in [2.75, 3.05) is 33.6 Å². The van der Waals surface area contributed by atoms with Gasteiger partial charge in [-0.3, -0.25) is 9.59 Å². The maximum Gasteiger partial charge on any atom is 0.339 e. The summed E-state index contributed by atoms with van der Waals surface area (Å²) in [6, 6.07) is 13.6. The van der Waals surface area contributed by atoms with Crippen molar-refractivity contribution < 1.29 is 23.9 Å². The van der Waals surface area contributed by atoms with Gasteiger partial charge in [0.05, 0.1) is 24.0 Å². The number of rotatable bonds is 8. The molecule has 142 valence electrons. The van der Waals surface area contributed by atoms with Gasteiger partial charge in [0.2, 0.25) is 11.7 Å². The zero-order valence-corrected chi connectivity index (χ0v) is 16.2. The smallest absolute Gasteiger partial charge is 0.339 e. The Hall–Kier alpha value is -2.80. The lowest BCUT2D eigenvalue weighted by Gasteiger charge is -2.12. The maximum atomic E-state index is 12.4. The highest BCUT2D eigenvalue weighted by atomic mass is 32.2. The Labute approximate surface area is 162 Å². The van der Waals surface area contributed by atoms with Crippen molar-refractivity contribution in [2.24, 2.45) is 0 Å². The predicted molar refractivity (Wildman–Crippen MR) is 103 cm³/mol. The Morgan fingerprint density at radius 3 is 2.26 bits per heavy atom. The minimum absolute atomic E-state index is 0.0606. The molecule has 0 unspecified atom stereocenters. The van der Waals surface area contributed by atoms with Crippen LogP contribution in [0, 0.1) is 0 Å². The van der Waals surface area contributed by atoms with Crippen LogP contribution in [0.1, 0.15) is 20.7 Å². The van der Waals surface area contributed by atoms with E-state index in [1.54, 1.807) is 62.6 Å². The summed E-state index contributed by atoms with van der Waals surface area (Å²) in [4.78, 5) is 38.6. The normalized spacial score (nSPS) is 10.2. The van der Waals surface area contributed by atoms with E-state index in [4.69, 9.17) is 9.47 Å². The Kier molecular flexibility index (Phi) is 7.43. The second-order valence-electron chi connectivity index (χ2n) is 5.77. The number of para-hydroxylation sites is 1. The molecule has 0 aliphatic heterocycles. The lowest BCUT2D eigenvalue weighted by Crippen LogP contribution is -2.23. The van der Waals surface area contributed by atoms with Crippen molar-refractivity contribution in [2.45, 2.75) is 4.90 Å². The molecule has 2 rings (SSSR count). The maximum absolute atomic E-state index is 12.4. The molecule has 2 aromatic carbocycles. The van der Waals surface area contributed by atoms with E-state index >= 15 is 0 Å². The van der Waals surface area contributed by atoms with E-state index < -0.39 is 12.6 Å². The van der Waals surface area contributed by atoms with Crippen LogP contribution >= 0.6 is 11.8 Å². The summed E-state index contributed by atoms with van der Waals surface area (Å²) in [5.74, 6) is -0.393. The van der Waals surface area contributed by atoms with E-state index in [-0.39, 0.29) is 17.4 Å². The SMILES string of the molecule is COc1ccccc1C(=O)COC(=O)c1ccccc1SCC(=O)N(C)C. The third-order valence-corrected chi connectivity index (χ3v) is 4.76. The zero-order chi connectivity index (χ0) is 19.8. The van der Waals surface area contributed by atoms with Crippen LogP contribution in [0.4, 0.5) is 0 Å². The minimum Gasteiger partial charge on any atom is -0.496 e. The number of ketones is 1. The first kappa shape index (κ1) is 20.5. The number of Topliss-reactive ketones (excluding diaryl/α,β-unsaturated/α-hetero) is 1. The van der Waals surface area contributed by atoms with Gasteiger partial charge in [-0.1, -0.05) is 24.3 Å². The molecule has 0 heterocycles. The van der Waals surface area contributed by atoms with Gasteiger partial charge >= 0.3 is 5.97 Å². The van der Waals surface area contributed by atoms with Crippen molar-refractivity contribution in [3.63, 3.8) is 0 Å². The number of hydrogen-bond donors (Lipinski definition) is 0. The number of carbonyl (C=O) groups is 3. The van der Waals surface area contributed by atoms with Gasteiger partial charge in [-0.25, -0.2) is 4.79 Å². The molecule has 0 bridgehead atoms. The molecular formula is C20H21NO5S. The number of benzene rings is 2. The number of methoxy groups -OCH3 is 1. The molecule has 2 aromatic rings. The van der Waals surface area contributed by atoms with E-state index in [1.807, 2.05) is 0 Å². The van der Waals surface area contributed by atoms with Crippen LogP contribution in [0.25, 0.3) is 0 Å². The zero-order valence-electron chi connectivity index (χ0n) is 15.4. The van der Waals surface area contributed by atoms with Crippen LogP contribution in [-0.2, 0) is 9.53 Å². The van der Waals surface area contributed by atoms with E-state index in [0.717, 1.165) is 0 Å². The van der Waals surface area contributed by atoms with Crippen LogP contribution in [-0.4, -0.2) is 56.1 Å². The fraction of sp³-hybridized carbons (Fsp3) is 0.250. The van der Waals surface area contributed by atoms with Crippen molar-refractivity contribution in [3.8, 4) is 5.75 Å². The molecule has 0 saturated heterocycles. The molecule has 0 radical (unpaired) electrons. The summed E-state index contributed by atoms with van der Waals surface area (Å²) in [5, 5.41) is 0. The second-order valence-corrected chi connectivity index (χ2v) is 6.79. The van der Waals surface area contributed by atoms with Crippen molar-refractivity contribution in [1.82, 2.24) is 4.90 Å². The van der Waals surface area contributed by atoms with Gasteiger partial charge < -0.3 is 14.4 Å². The topological polar surface area (TPSA) is 72.9 Å². The molecule has 0 spiro atoms. The van der Waals surface area contributed by atoms with Crippen LogP contribution in [0.5, 0.6) is 5.75 Å². The van der Waals surface area contributed by atoms with E-state index in [0.29, 0.717) is 21.8 Å². The standard InChI is InChI=1S/C20H21NO5S/c1-21(2)19(23)13-27-18-11-7-5-9-15(18)20(24)26-12-16(22)14-8-4-6-10-17(14)25-3/h4-11H,12-13H2,1-3H3. The summed E-state index contributed by atoms with van der Waals surface area (Å²) < 4.78 is 10.3. The van der Waals surface area contributed by atoms with Crippen LogP contribution in [0.15, 0.2) is 53.4 Å². The van der Waals surface area contributed by atoms with E-state index in [9.17, 15) is 14.4 Å². The number of amides is 1. The van der Waals surface area contributed by atoms with Gasteiger partial charge in [0.15, 0.2) is 6.61 Å². The summed E-state index contributed by atoms with van der Waals surface area (Å²) in [7, 11) is 4.82. The lowest BCUT2D eigenvalue weighted by molar-refractivity contribution is -0.125. The quantitative estimate of drug-likeness (QED) is 0.394. The first-order valence-corrected chi connectivity index (χ1v) is 9.18. The Morgan fingerprint density at radius 1 is 0.963 bits per heavy atom. The van der Waals surface area contributed by atoms with Gasteiger partial charge in [-0.2, -0.15) is 0 Å². The van der Waals surface area contributed by atoms with Crippen LogP contribution in [0.2, 0.25) is 0 Å². The summed E-state index contributed by atoms with van der Waals surface area (Å²) >= 11 is 1.25. The molecule has 7 heteroatoms. The number of nitrogens with zero attached hydrogens (tertiary/aromatic N) is 1.